The molecule has 0 aromatic heterocycles. The maximum Gasteiger partial charge on any atom is 0.230 e. The molecule has 24 heavy (non-hydrogen) atoms. The minimum absolute atomic E-state index is 0.0173. The average molecular weight is 333 g/mol. The van der Waals surface area contributed by atoms with E-state index in [2.05, 4.69) is 5.32 Å². The largest absolute Gasteiger partial charge is 0.296 e. The van der Waals surface area contributed by atoms with Crippen LogP contribution in [0.25, 0.3) is 0 Å². The summed E-state index contributed by atoms with van der Waals surface area (Å²) in [5.41, 5.74) is 2.84. The molecule has 0 radical (unpaired) electrons. The maximum atomic E-state index is 12.4. The molecule has 4 heteroatoms. The molecule has 1 atom stereocenters. The molecule has 4 nitrogen and oxygen atoms in total. The predicted molar refractivity (Wildman–Crippen MR) is 98.1 cm³/mol. The first kappa shape index (κ1) is 22.0. The van der Waals surface area contributed by atoms with E-state index in [1.54, 1.807) is 0 Å². The van der Waals surface area contributed by atoms with Gasteiger partial charge in [0, 0.05) is 24.3 Å². The molecular weight excluding hydrogens is 302 g/mol. The topological polar surface area (TPSA) is 63.2 Å². The van der Waals surface area contributed by atoms with Gasteiger partial charge in [-0.3, -0.25) is 19.7 Å². The van der Waals surface area contributed by atoms with Gasteiger partial charge in [0.1, 0.15) is 0 Å². The first-order valence-electron chi connectivity index (χ1n) is 8.97. The lowest BCUT2D eigenvalue weighted by Gasteiger charge is -2.20. The van der Waals surface area contributed by atoms with Crippen molar-refractivity contribution >= 4 is 17.6 Å². The van der Waals surface area contributed by atoms with Gasteiger partial charge in [-0.1, -0.05) is 58.4 Å². The predicted octanol–water partition coefficient (Wildman–Crippen LogP) is 4.24. The summed E-state index contributed by atoms with van der Waals surface area (Å²) in [7, 11) is 0. The zero-order chi connectivity index (χ0) is 18.7. The lowest BCUT2D eigenvalue weighted by Crippen LogP contribution is -2.41. The molecule has 1 heterocycles. The van der Waals surface area contributed by atoms with Gasteiger partial charge in [0.25, 0.3) is 0 Å². The second-order valence-corrected chi connectivity index (χ2v) is 5.29. The van der Waals surface area contributed by atoms with Crippen molar-refractivity contribution in [3.05, 3.63) is 34.9 Å². The lowest BCUT2D eigenvalue weighted by atomic mass is 9.89. The molecule has 0 spiro atoms. The minimum Gasteiger partial charge on any atom is -0.296 e. The summed E-state index contributed by atoms with van der Waals surface area (Å²) in [5.74, 6) is -0.967. The van der Waals surface area contributed by atoms with Gasteiger partial charge in [-0.15, -0.1) is 0 Å². The summed E-state index contributed by atoms with van der Waals surface area (Å²) in [6, 6.07) is 5.76. The summed E-state index contributed by atoms with van der Waals surface area (Å²) in [6.45, 7) is 12.0. The Morgan fingerprint density at radius 1 is 1.17 bits per heavy atom. The number of nitrogens with one attached hydrogen (secondary N) is 1. The van der Waals surface area contributed by atoms with Crippen molar-refractivity contribution in [2.45, 2.75) is 67.2 Å². The number of Topliss-reactive ketones (excluding diaryl/α,β-unsaturated/α-hetero) is 1. The third-order valence-electron chi connectivity index (χ3n) is 3.73. The summed E-state index contributed by atoms with van der Waals surface area (Å²) >= 11 is 0. The highest BCUT2D eigenvalue weighted by Crippen LogP contribution is 2.21. The van der Waals surface area contributed by atoms with Gasteiger partial charge >= 0.3 is 0 Å². The van der Waals surface area contributed by atoms with Crippen molar-refractivity contribution in [2.75, 3.05) is 0 Å². The number of carbonyl (C=O) groups excluding carboxylic acids is 3. The Hall–Kier alpha value is -1.97. The molecule has 1 aliphatic heterocycles. The van der Waals surface area contributed by atoms with Crippen molar-refractivity contribution < 1.29 is 14.4 Å². The quantitative estimate of drug-likeness (QED) is 0.662. The first-order valence-corrected chi connectivity index (χ1v) is 8.97. The zero-order valence-corrected chi connectivity index (χ0v) is 15.9. The van der Waals surface area contributed by atoms with Crippen LogP contribution in [0.3, 0.4) is 0 Å². The Balaban J connectivity index is 0.00000123. The lowest BCUT2D eigenvalue weighted by molar-refractivity contribution is -0.136. The van der Waals surface area contributed by atoms with E-state index < -0.39 is 0 Å². The summed E-state index contributed by atoms with van der Waals surface area (Å²) in [4.78, 5) is 35.2. The third-order valence-corrected chi connectivity index (χ3v) is 3.73. The van der Waals surface area contributed by atoms with Crippen molar-refractivity contribution in [2.24, 2.45) is 5.92 Å². The molecule has 2 amide bonds. The number of benzene rings is 1. The number of ketones is 1. The Morgan fingerprint density at radius 3 is 2.33 bits per heavy atom. The summed E-state index contributed by atoms with van der Waals surface area (Å²) < 4.78 is 0. The van der Waals surface area contributed by atoms with E-state index in [-0.39, 0.29) is 29.9 Å². The van der Waals surface area contributed by atoms with Gasteiger partial charge in [0.15, 0.2) is 5.78 Å². The normalized spacial score (nSPS) is 16.2. The Morgan fingerprint density at radius 2 is 1.79 bits per heavy atom. The van der Waals surface area contributed by atoms with Crippen LogP contribution in [0.4, 0.5) is 0 Å². The highest BCUT2D eigenvalue weighted by molar-refractivity contribution is 6.03. The van der Waals surface area contributed by atoms with E-state index in [1.807, 2.05) is 59.7 Å². The molecule has 1 aromatic carbocycles. The standard InChI is InChI=1S/C16H19NO3.2C2H6/c1-3-11-8-10(2)4-6-13(11)14(18)9-12-5-7-15(19)17-16(12)20;2*1-2/h4,6,8,12H,3,5,7,9H2,1-2H3,(H,17,19,20);2*1-2H3. The zero-order valence-electron chi connectivity index (χ0n) is 15.9. The van der Waals surface area contributed by atoms with Crippen LogP contribution >= 0.6 is 0 Å². The molecule has 1 N–H and O–H groups in total. The van der Waals surface area contributed by atoms with Gasteiger partial charge in [0.05, 0.1) is 0 Å². The van der Waals surface area contributed by atoms with Gasteiger partial charge < -0.3 is 0 Å². The van der Waals surface area contributed by atoms with Gasteiger partial charge in [0.2, 0.25) is 11.8 Å². The SMILES string of the molecule is CC.CC.CCc1cc(C)ccc1C(=O)CC1CCC(=O)NC1=O. The molecule has 1 saturated heterocycles. The average Bonchev–Trinajstić information content (AvgIpc) is 2.60. The first-order chi connectivity index (χ1) is 11.5. The fourth-order valence-corrected chi connectivity index (χ4v) is 2.55. The molecule has 1 fully saturated rings. The van der Waals surface area contributed by atoms with Crippen molar-refractivity contribution in [1.29, 1.82) is 0 Å². The second kappa shape index (κ2) is 11.5. The number of amides is 2. The van der Waals surface area contributed by atoms with E-state index in [1.165, 1.54) is 0 Å². The van der Waals surface area contributed by atoms with Crippen molar-refractivity contribution in [3.63, 3.8) is 0 Å². The van der Waals surface area contributed by atoms with E-state index in [4.69, 9.17) is 0 Å². The van der Waals surface area contributed by atoms with Crippen LogP contribution in [-0.2, 0) is 16.0 Å². The fourth-order valence-electron chi connectivity index (χ4n) is 2.55. The number of aryl methyl sites for hydroxylation is 2. The number of carbonyl (C=O) groups is 3. The van der Waals surface area contributed by atoms with Crippen LogP contribution in [0.5, 0.6) is 0 Å². The molecule has 2 rings (SSSR count). The van der Waals surface area contributed by atoms with Gasteiger partial charge in [-0.2, -0.15) is 0 Å². The van der Waals surface area contributed by atoms with Gasteiger partial charge in [-0.05, 0) is 25.3 Å². The van der Waals surface area contributed by atoms with E-state index in [9.17, 15) is 14.4 Å². The van der Waals surface area contributed by atoms with E-state index in [0.717, 1.165) is 17.5 Å². The molecule has 0 aliphatic carbocycles. The van der Waals surface area contributed by atoms with Crippen LogP contribution in [0.1, 0.15) is 75.4 Å². The van der Waals surface area contributed by atoms with Crippen molar-refractivity contribution in [1.82, 2.24) is 5.32 Å². The number of piperidine rings is 1. The Bertz CT molecular complexity index is 564. The molecule has 1 aromatic rings. The molecule has 1 aliphatic rings. The number of hydrogen-bond acceptors (Lipinski definition) is 3. The third kappa shape index (κ3) is 6.26. The van der Waals surface area contributed by atoms with E-state index >= 15 is 0 Å². The van der Waals surface area contributed by atoms with Crippen LogP contribution in [0.15, 0.2) is 18.2 Å². The van der Waals surface area contributed by atoms with Crippen LogP contribution in [-0.4, -0.2) is 17.6 Å². The van der Waals surface area contributed by atoms with Crippen LogP contribution in [0, 0.1) is 12.8 Å². The number of imide groups is 1. The summed E-state index contributed by atoms with van der Waals surface area (Å²) in [5, 5.41) is 2.29. The Labute approximate surface area is 146 Å². The second-order valence-electron chi connectivity index (χ2n) is 5.29. The monoisotopic (exact) mass is 333 g/mol. The molecular formula is C20H31NO3. The fraction of sp³-hybridized carbons (Fsp3) is 0.550. The molecule has 0 bridgehead atoms. The molecule has 0 saturated carbocycles. The highest BCUT2D eigenvalue weighted by atomic mass is 16.2. The van der Waals surface area contributed by atoms with Crippen LogP contribution in [0.2, 0.25) is 0 Å². The van der Waals surface area contributed by atoms with E-state index in [0.29, 0.717) is 18.4 Å². The van der Waals surface area contributed by atoms with Crippen LogP contribution < -0.4 is 5.32 Å². The van der Waals surface area contributed by atoms with Crippen molar-refractivity contribution in [3.8, 4) is 0 Å². The maximum absolute atomic E-state index is 12.4. The molecule has 134 valence electrons. The Kier molecular flexibility index (Phi) is 10.6. The number of hydrogen-bond donors (Lipinski definition) is 1. The number of rotatable bonds is 4. The summed E-state index contributed by atoms with van der Waals surface area (Å²) in [6.07, 6.45) is 1.75. The van der Waals surface area contributed by atoms with Gasteiger partial charge in [-0.25, -0.2) is 0 Å². The minimum atomic E-state index is -0.383. The molecule has 1 unspecified atom stereocenters. The smallest absolute Gasteiger partial charge is 0.230 e. The highest BCUT2D eigenvalue weighted by Gasteiger charge is 2.29.